The standard InChI is InChI=1S/C35H40FN3O8/c1-4-46-34(43)38-16-12-24(13-17-38)31(40)32(41)28-21-39(35(44)47-5-2)29-20-30(45-3)27(19-26(28)29)33(42)37-14-10-23(11-15-37)18-22-6-8-25(36)9-7-22/h6-9,19-21,23-24H,4-5,10-18H2,1-3H3. The summed E-state index contributed by atoms with van der Waals surface area (Å²) in [5.74, 6) is -2.01. The first kappa shape index (κ1) is 33.6. The van der Waals surface area contributed by atoms with Crippen molar-refractivity contribution in [1.82, 2.24) is 14.4 Å². The molecular weight excluding hydrogens is 609 g/mol. The number of methoxy groups -OCH3 is 1. The molecule has 0 radical (unpaired) electrons. The van der Waals surface area contributed by atoms with E-state index in [1.807, 2.05) is 0 Å². The number of aromatic nitrogens is 1. The largest absolute Gasteiger partial charge is 0.496 e. The lowest BCUT2D eigenvalue weighted by Crippen LogP contribution is -2.41. The van der Waals surface area contributed by atoms with Crippen LogP contribution in [0.15, 0.2) is 42.6 Å². The SMILES string of the molecule is CCOC(=O)N1CCC(C(=O)C(=O)c2cn(C(=O)OCC)c3cc(OC)c(C(=O)N4CCC(Cc5ccc(F)cc5)CC4)cc23)CC1. The predicted octanol–water partition coefficient (Wildman–Crippen LogP) is 5.51. The minimum atomic E-state index is -0.780. The number of nitrogens with zero attached hydrogens (tertiary/aromatic N) is 3. The summed E-state index contributed by atoms with van der Waals surface area (Å²) in [6, 6.07) is 9.50. The van der Waals surface area contributed by atoms with Gasteiger partial charge < -0.3 is 24.0 Å². The number of benzene rings is 2. The minimum Gasteiger partial charge on any atom is -0.496 e. The van der Waals surface area contributed by atoms with Crippen LogP contribution in [-0.2, 0) is 20.7 Å². The topological polar surface area (TPSA) is 124 Å². The number of amides is 2. The molecule has 3 heterocycles. The lowest BCUT2D eigenvalue weighted by atomic mass is 9.88. The summed E-state index contributed by atoms with van der Waals surface area (Å²) in [6.45, 7) is 5.27. The molecule has 0 saturated carbocycles. The third-order valence-electron chi connectivity index (χ3n) is 9.02. The van der Waals surface area contributed by atoms with Gasteiger partial charge in [-0.3, -0.25) is 19.0 Å². The Balaban J connectivity index is 1.39. The molecule has 1 aromatic heterocycles. The van der Waals surface area contributed by atoms with Crippen molar-refractivity contribution in [2.75, 3.05) is 46.5 Å². The van der Waals surface area contributed by atoms with Crippen LogP contribution in [0.2, 0.25) is 0 Å². The van der Waals surface area contributed by atoms with Crippen molar-refractivity contribution < 1.29 is 42.6 Å². The molecule has 250 valence electrons. The summed E-state index contributed by atoms with van der Waals surface area (Å²) in [4.78, 5) is 69.4. The van der Waals surface area contributed by atoms with Crippen LogP contribution in [0.3, 0.4) is 0 Å². The van der Waals surface area contributed by atoms with E-state index in [-0.39, 0.29) is 65.8 Å². The molecule has 0 spiro atoms. The van der Waals surface area contributed by atoms with Gasteiger partial charge in [0.2, 0.25) is 11.6 Å². The van der Waals surface area contributed by atoms with E-state index in [0.717, 1.165) is 29.4 Å². The van der Waals surface area contributed by atoms with Gasteiger partial charge in [0.1, 0.15) is 11.6 Å². The van der Waals surface area contributed by atoms with E-state index >= 15 is 0 Å². The number of hydrogen-bond donors (Lipinski definition) is 0. The highest BCUT2D eigenvalue weighted by molar-refractivity contribution is 6.46. The zero-order chi connectivity index (χ0) is 33.7. The Bertz CT molecular complexity index is 1650. The van der Waals surface area contributed by atoms with Crippen molar-refractivity contribution in [3.63, 3.8) is 0 Å². The maximum Gasteiger partial charge on any atom is 0.418 e. The summed E-state index contributed by atoms with van der Waals surface area (Å²) in [6.07, 6.45) is 3.01. The molecule has 47 heavy (non-hydrogen) atoms. The van der Waals surface area contributed by atoms with Crippen LogP contribution >= 0.6 is 0 Å². The number of carbonyl (C=O) groups excluding carboxylic acids is 5. The molecule has 0 bridgehead atoms. The van der Waals surface area contributed by atoms with E-state index in [1.165, 1.54) is 42.5 Å². The van der Waals surface area contributed by atoms with Gasteiger partial charge in [0, 0.05) is 49.7 Å². The second-order valence-electron chi connectivity index (χ2n) is 11.9. The first-order valence-electron chi connectivity index (χ1n) is 16.1. The third-order valence-corrected chi connectivity index (χ3v) is 9.02. The Kier molecular flexibility index (Phi) is 10.6. The first-order valence-corrected chi connectivity index (χ1v) is 16.1. The van der Waals surface area contributed by atoms with Crippen LogP contribution in [-0.4, -0.2) is 90.5 Å². The Hall–Kier alpha value is -4.74. The van der Waals surface area contributed by atoms with E-state index in [4.69, 9.17) is 14.2 Å². The molecule has 0 unspecified atom stereocenters. The number of piperidine rings is 2. The number of ketones is 2. The Morgan fingerprint density at radius 3 is 2.04 bits per heavy atom. The second kappa shape index (κ2) is 14.8. The van der Waals surface area contributed by atoms with E-state index in [0.29, 0.717) is 31.8 Å². The fourth-order valence-electron chi connectivity index (χ4n) is 6.43. The molecule has 2 fully saturated rings. The van der Waals surface area contributed by atoms with E-state index in [2.05, 4.69) is 0 Å². The number of rotatable bonds is 9. The molecule has 5 rings (SSSR count). The van der Waals surface area contributed by atoms with Gasteiger partial charge in [-0.15, -0.1) is 0 Å². The third kappa shape index (κ3) is 7.31. The average molecular weight is 650 g/mol. The van der Waals surface area contributed by atoms with Crippen molar-refractivity contribution in [3.8, 4) is 5.75 Å². The first-order chi connectivity index (χ1) is 22.6. The van der Waals surface area contributed by atoms with Crippen molar-refractivity contribution in [2.24, 2.45) is 11.8 Å². The molecule has 0 N–H and O–H groups in total. The number of fused-ring (bicyclic) bond motifs is 1. The monoisotopic (exact) mass is 649 g/mol. The molecule has 11 nitrogen and oxygen atoms in total. The van der Waals surface area contributed by atoms with Gasteiger partial charge in [-0.2, -0.15) is 0 Å². The lowest BCUT2D eigenvalue weighted by molar-refractivity contribution is -0.119. The van der Waals surface area contributed by atoms with Gasteiger partial charge in [-0.25, -0.2) is 14.0 Å². The highest BCUT2D eigenvalue weighted by Gasteiger charge is 2.34. The highest BCUT2D eigenvalue weighted by Crippen LogP contribution is 2.33. The highest BCUT2D eigenvalue weighted by atomic mass is 19.1. The van der Waals surface area contributed by atoms with Gasteiger partial charge in [0.15, 0.2) is 0 Å². The quantitative estimate of drug-likeness (QED) is 0.220. The number of Topliss-reactive ketones (excluding diaryl/α,β-unsaturated/α-hetero) is 2. The lowest BCUT2D eigenvalue weighted by Gasteiger charge is -2.32. The number of ether oxygens (including phenoxy) is 3. The van der Waals surface area contributed by atoms with E-state index in [1.54, 1.807) is 30.9 Å². The van der Waals surface area contributed by atoms with Crippen molar-refractivity contribution in [1.29, 1.82) is 0 Å². The minimum absolute atomic E-state index is 0.0133. The maximum absolute atomic E-state index is 13.9. The van der Waals surface area contributed by atoms with Crippen LogP contribution in [0, 0.1) is 17.7 Å². The van der Waals surface area contributed by atoms with Gasteiger partial charge in [0.25, 0.3) is 5.91 Å². The zero-order valence-corrected chi connectivity index (χ0v) is 27.0. The van der Waals surface area contributed by atoms with Crippen molar-refractivity contribution in [2.45, 2.75) is 46.0 Å². The molecule has 3 aromatic rings. The number of likely N-dealkylation sites (tertiary alicyclic amines) is 2. The fourth-order valence-corrected chi connectivity index (χ4v) is 6.43. The van der Waals surface area contributed by atoms with Gasteiger partial charge in [0.05, 0.1) is 37.0 Å². The number of hydrogen-bond acceptors (Lipinski definition) is 8. The van der Waals surface area contributed by atoms with Crippen molar-refractivity contribution >= 4 is 40.6 Å². The van der Waals surface area contributed by atoms with E-state index < -0.39 is 29.7 Å². The molecule has 2 saturated heterocycles. The molecule has 12 heteroatoms. The van der Waals surface area contributed by atoms with Crippen molar-refractivity contribution in [3.05, 3.63) is 65.1 Å². The smallest absolute Gasteiger partial charge is 0.418 e. The molecule has 2 aliphatic rings. The van der Waals surface area contributed by atoms with Crippen LogP contribution in [0.1, 0.15) is 65.8 Å². The summed E-state index contributed by atoms with van der Waals surface area (Å²) >= 11 is 0. The van der Waals surface area contributed by atoms with Crippen LogP contribution in [0.4, 0.5) is 14.0 Å². The van der Waals surface area contributed by atoms with Gasteiger partial charge in [-0.05, 0) is 75.6 Å². The van der Waals surface area contributed by atoms with Crippen LogP contribution < -0.4 is 4.74 Å². The molecule has 2 amide bonds. The summed E-state index contributed by atoms with van der Waals surface area (Å²) < 4.78 is 30.3. The summed E-state index contributed by atoms with van der Waals surface area (Å²) in [5, 5.41) is 0.260. The molecule has 0 aliphatic carbocycles. The van der Waals surface area contributed by atoms with Crippen LogP contribution in [0.5, 0.6) is 5.75 Å². The molecule has 2 aromatic carbocycles. The summed E-state index contributed by atoms with van der Waals surface area (Å²) in [5.41, 5.74) is 1.51. The number of halogens is 1. The number of carbonyl (C=O) groups is 5. The molecule has 2 aliphatic heterocycles. The fraction of sp³-hybridized carbons (Fsp3) is 0.457. The molecular formula is C35H40FN3O8. The Morgan fingerprint density at radius 1 is 0.809 bits per heavy atom. The Labute approximate surface area is 272 Å². The van der Waals surface area contributed by atoms with Gasteiger partial charge in [-0.1, -0.05) is 12.1 Å². The summed E-state index contributed by atoms with van der Waals surface area (Å²) in [7, 11) is 1.42. The van der Waals surface area contributed by atoms with Gasteiger partial charge >= 0.3 is 12.2 Å². The predicted molar refractivity (Wildman–Crippen MR) is 170 cm³/mol. The van der Waals surface area contributed by atoms with E-state index in [9.17, 15) is 28.4 Å². The molecule has 0 atom stereocenters. The Morgan fingerprint density at radius 2 is 1.43 bits per heavy atom. The zero-order valence-electron chi connectivity index (χ0n) is 27.0. The normalized spacial score (nSPS) is 15.8. The van der Waals surface area contributed by atoms with Crippen LogP contribution in [0.25, 0.3) is 10.9 Å². The average Bonchev–Trinajstić information content (AvgIpc) is 3.47. The second-order valence-corrected chi connectivity index (χ2v) is 11.9. The maximum atomic E-state index is 13.9.